The first-order valence-electron chi connectivity index (χ1n) is 5.13. The highest BCUT2D eigenvalue weighted by Crippen LogP contribution is 2.16. The van der Waals surface area contributed by atoms with Crippen LogP contribution in [0.25, 0.3) is 5.82 Å². The van der Waals surface area contributed by atoms with Crippen LogP contribution in [0.15, 0.2) is 18.6 Å². The smallest absolute Gasteiger partial charge is 0.307 e. The second-order valence-corrected chi connectivity index (χ2v) is 3.70. The molecular formula is C11H12N4O2. The summed E-state index contributed by atoms with van der Waals surface area (Å²) in [4.78, 5) is 18.9. The van der Waals surface area contributed by atoms with Gasteiger partial charge in [-0.2, -0.15) is 5.10 Å². The van der Waals surface area contributed by atoms with Crippen LogP contribution in [0.1, 0.15) is 17.0 Å². The average Bonchev–Trinajstić information content (AvgIpc) is 2.58. The Hall–Kier alpha value is -2.24. The molecule has 2 aromatic heterocycles. The van der Waals surface area contributed by atoms with Crippen LogP contribution in [-0.4, -0.2) is 30.8 Å². The van der Waals surface area contributed by atoms with Crippen molar-refractivity contribution in [3.63, 3.8) is 0 Å². The zero-order chi connectivity index (χ0) is 12.4. The third-order valence-electron chi connectivity index (χ3n) is 2.54. The molecule has 17 heavy (non-hydrogen) atoms. The molecule has 0 radical (unpaired) electrons. The lowest BCUT2D eigenvalue weighted by atomic mass is 10.1. The van der Waals surface area contributed by atoms with Gasteiger partial charge in [0.1, 0.15) is 0 Å². The van der Waals surface area contributed by atoms with E-state index in [1.54, 1.807) is 30.2 Å². The largest absolute Gasteiger partial charge is 0.481 e. The van der Waals surface area contributed by atoms with Crippen molar-refractivity contribution in [2.45, 2.75) is 20.3 Å². The molecule has 0 aliphatic rings. The van der Waals surface area contributed by atoms with Crippen LogP contribution < -0.4 is 0 Å². The van der Waals surface area contributed by atoms with Gasteiger partial charge in [-0.25, -0.2) is 9.67 Å². The molecule has 2 heterocycles. The summed E-state index contributed by atoms with van der Waals surface area (Å²) in [6.07, 6.45) is 4.71. The predicted octanol–water partition coefficient (Wildman–Crippen LogP) is 0.906. The quantitative estimate of drug-likeness (QED) is 0.850. The number of aliphatic carboxylic acids is 1. The van der Waals surface area contributed by atoms with E-state index in [-0.39, 0.29) is 6.42 Å². The summed E-state index contributed by atoms with van der Waals surface area (Å²) in [6, 6.07) is 0. The van der Waals surface area contributed by atoms with E-state index in [1.165, 1.54) is 0 Å². The maximum Gasteiger partial charge on any atom is 0.307 e. The van der Waals surface area contributed by atoms with Crippen molar-refractivity contribution >= 4 is 5.97 Å². The van der Waals surface area contributed by atoms with Gasteiger partial charge in [-0.3, -0.25) is 9.78 Å². The molecule has 0 atom stereocenters. The summed E-state index contributed by atoms with van der Waals surface area (Å²) in [5, 5.41) is 13.1. The molecule has 0 fully saturated rings. The third-order valence-corrected chi connectivity index (χ3v) is 2.54. The van der Waals surface area contributed by atoms with Crippen molar-refractivity contribution in [1.82, 2.24) is 19.7 Å². The average molecular weight is 232 g/mol. The molecule has 0 aliphatic carbocycles. The predicted molar refractivity (Wildman–Crippen MR) is 60.0 cm³/mol. The van der Waals surface area contributed by atoms with Crippen LogP contribution in [0.5, 0.6) is 0 Å². The molecule has 0 amide bonds. The molecule has 1 N–H and O–H groups in total. The zero-order valence-electron chi connectivity index (χ0n) is 9.58. The fraction of sp³-hybridized carbons (Fsp3) is 0.273. The minimum Gasteiger partial charge on any atom is -0.481 e. The number of nitrogens with zero attached hydrogens (tertiary/aromatic N) is 4. The van der Waals surface area contributed by atoms with Crippen molar-refractivity contribution in [2.75, 3.05) is 0 Å². The van der Waals surface area contributed by atoms with Gasteiger partial charge in [0.25, 0.3) is 0 Å². The van der Waals surface area contributed by atoms with Gasteiger partial charge in [-0.15, -0.1) is 0 Å². The van der Waals surface area contributed by atoms with Crippen molar-refractivity contribution in [3.8, 4) is 5.82 Å². The van der Waals surface area contributed by atoms with Crippen molar-refractivity contribution in [1.29, 1.82) is 0 Å². The Bertz CT molecular complexity index is 548. The van der Waals surface area contributed by atoms with Gasteiger partial charge in [0.2, 0.25) is 0 Å². The highest BCUT2D eigenvalue weighted by molar-refractivity contribution is 5.71. The lowest BCUT2D eigenvalue weighted by molar-refractivity contribution is -0.136. The summed E-state index contributed by atoms with van der Waals surface area (Å²) in [7, 11) is 0. The van der Waals surface area contributed by atoms with E-state index in [1.807, 2.05) is 6.92 Å². The Morgan fingerprint density at radius 2 is 2.18 bits per heavy atom. The highest BCUT2D eigenvalue weighted by Gasteiger charge is 2.15. The summed E-state index contributed by atoms with van der Waals surface area (Å²) >= 11 is 0. The fourth-order valence-corrected chi connectivity index (χ4v) is 1.71. The van der Waals surface area contributed by atoms with E-state index in [0.717, 1.165) is 11.3 Å². The van der Waals surface area contributed by atoms with Crippen LogP contribution in [0.2, 0.25) is 0 Å². The van der Waals surface area contributed by atoms with Crippen molar-refractivity contribution < 1.29 is 9.90 Å². The number of carboxylic acid groups (broad SMARTS) is 1. The lowest BCUT2D eigenvalue weighted by Crippen LogP contribution is -2.04. The lowest BCUT2D eigenvalue weighted by Gasteiger charge is -2.02. The Balaban J connectivity index is 2.48. The van der Waals surface area contributed by atoms with Gasteiger partial charge >= 0.3 is 5.97 Å². The molecule has 0 bridgehead atoms. The van der Waals surface area contributed by atoms with Crippen LogP contribution in [0.4, 0.5) is 0 Å². The molecule has 2 aromatic rings. The number of aryl methyl sites for hydroxylation is 1. The minimum atomic E-state index is -0.866. The Kier molecular flexibility index (Phi) is 2.86. The Morgan fingerprint density at radius 3 is 2.76 bits per heavy atom. The topological polar surface area (TPSA) is 80.9 Å². The van der Waals surface area contributed by atoms with Crippen LogP contribution in [-0.2, 0) is 11.2 Å². The maximum absolute atomic E-state index is 10.8. The summed E-state index contributed by atoms with van der Waals surface area (Å²) in [6.45, 7) is 3.62. The SMILES string of the molecule is Cc1nn(-c2cnccn2)c(C)c1CC(=O)O. The Labute approximate surface area is 98.0 Å². The minimum absolute atomic E-state index is 0.0298. The van der Waals surface area contributed by atoms with Crippen LogP contribution >= 0.6 is 0 Å². The van der Waals surface area contributed by atoms with E-state index in [0.29, 0.717) is 11.5 Å². The number of carboxylic acids is 1. The summed E-state index contributed by atoms with van der Waals surface area (Å²) in [5.74, 6) is -0.278. The molecular weight excluding hydrogens is 220 g/mol. The van der Waals surface area contributed by atoms with Crippen LogP contribution in [0.3, 0.4) is 0 Å². The van der Waals surface area contributed by atoms with Crippen molar-refractivity contribution in [3.05, 3.63) is 35.5 Å². The van der Waals surface area contributed by atoms with Gasteiger partial charge in [0, 0.05) is 23.7 Å². The summed E-state index contributed by atoms with van der Waals surface area (Å²) < 4.78 is 1.61. The highest BCUT2D eigenvalue weighted by atomic mass is 16.4. The van der Waals surface area contributed by atoms with Gasteiger partial charge in [-0.05, 0) is 13.8 Å². The van der Waals surface area contributed by atoms with Gasteiger partial charge in [0.15, 0.2) is 5.82 Å². The monoisotopic (exact) mass is 232 g/mol. The zero-order valence-corrected chi connectivity index (χ0v) is 9.58. The molecule has 0 unspecified atom stereocenters. The van der Waals surface area contributed by atoms with Crippen molar-refractivity contribution in [2.24, 2.45) is 0 Å². The molecule has 6 heteroatoms. The van der Waals surface area contributed by atoms with Crippen LogP contribution in [0, 0.1) is 13.8 Å². The van der Waals surface area contributed by atoms with E-state index >= 15 is 0 Å². The maximum atomic E-state index is 10.8. The molecule has 2 rings (SSSR count). The first-order chi connectivity index (χ1) is 8.09. The molecule has 0 saturated carbocycles. The second-order valence-electron chi connectivity index (χ2n) is 3.70. The van der Waals surface area contributed by atoms with Gasteiger partial charge in [0.05, 0.1) is 18.3 Å². The molecule has 6 nitrogen and oxygen atoms in total. The molecule has 0 saturated heterocycles. The Morgan fingerprint density at radius 1 is 1.41 bits per heavy atom. The normalized spacial score (nSPS) is 10.5. The number of carbonyl (C=O) groups is 1. The molecule has 0 aliphatic heterocycles. The first-order valence-corrected chi connectivity index (χ1v) is 5.13. The second kappa shape index (κ2) is 4.32. The molecule has 88 valence electrons. The third kappa shape index (κ3) is 2.15. The number of rotatable bonds is 3. The number of hydrogen-bond acceptors (Lipinski definition) is 4. The number of aromatic nitrogens is 4. The standard InChI is InChI=1S/C11H12N4O2/c1-7-9(5-11(16)17)8(2)15(14-7)10-6-12-3-4-13-10/h3-4,6H,5H2,1-2H3,(H,16,17). The summed E-state index contributed by atoms with van der Waals surface area (Å²) in [5.41, 5.74) is 2.21. The van der Waals surface area contributed by atoms with E-state index in [2.05, 4.69) is 15.1 Å². The van der Waals surface area contributed by atoms with E-state index in [4.69, 9.17) is 5.11 Å². The van der Waals surface area contributed by atoms with Gasteiger partial charge < -0.3 is 5.11 Å². The molecule has 0 spiro atoms. The van der Waals surface area contributed by atoms with E-state index < -0.39 is 5.97 Å². The number of hydrogen-bond donors (Lipinski definition) is 1. The van der Waals surface area contributed by atoms with E-state index in [9.17, 15) is 4.79 Å². The fourth-order valence-electron chi connectivity index (χ4n) is 1.71. The molecule has 0 aromatic carbocycles. The first kappa shape index (κ1) is 11.3. The van der Waals surface area contributed by atoms with Gasteiger partial charge in [-0.1, -0.05) is 0 Å².